The van der Waals surface area contributed by atoms with Gasteiger partial charge in [0.2, 0.25) is 6.04 Å². The molecule has 3 atom stereocenters. The van der Waals surface area contributed by atoms with Gasteiger partial charge >= 0.3 is 34.4 Å². The normalized spacial score (nSPS) is 18.6. The van der Waals surface area contributed by atoms with E-state index in [0.29, 0.717) is 10.3 Å². The number of rotatable bonds is 5. The van der Waals surface area contributed by atoms with Gasteiger partial charge in [0.05, 0.1) is 11.0 Å². The van der Waals surface area contributed by atoms with Gasteiger partial charge in [-0.1, -0.05) is 42.9 Å². The molecule has 3 N–H and O–H groups in total. The largest absolute Gasteiger partial charge is 0.501 e. The summed E-state index contributed by atoms with van der Waals surface area (Å²) in [7, 11) is 3.29. The van der Waals surface area contributed by atoms with Gasteiger partial charge in [-0.2, -0.15) is 24.7 Å². The average molecular weight is 760 g/mol. The predicted octanol–water partition coefficient (Wildman–Crippen LogP) is 0.258. The number of thioether (sulfide) groups is 3. The summed E-state index contributed by atoms with van der Waals surface area (Å²) in [5.41, 5.74) is -0.524. The van der Waals surface area contributed by atoms with Crippen molar-refractivity contribution in [3.63, 3.8) is 0 Å². The molecule has 4 rings (SSSR count). The van der Waals surface area contributed by atoms with Crippen LogP contribution in [0, 0.1) is 11.8 Å². The van der Waals surface area contributed by atoms with E-state index in [1.165, 1.54) is 44.7 Å². The van der Waals surface area contributed by atoms with Crippen LogP contribution >= 0.6 is 35.3 Å². The van der Waals surface area contributed by atoms with Gasteiger partial charge in [-0.3, -0.25) is 50.5 Å². The number of hydrogen-bond acceptors (Lipinski definition) is 12. The monoisotopic (exact) mass is 759 g/mol. The molecule has 0 spiro atoms. The smallest absolute Gasteiger partial charge is 0.293 e. The zero-order valence-corrected chi connectivity index (χ0v) is 31.3. The number of fused-ring (bicyclic) bond motifs is 1. The van der Waals surface area contributed by atoms with Gasteiger partial charge in [-0.25, -0.2) is 0 Å². The van der Waals surface area contributed by atoms with E-state index >= 15 is 0 Å². The average Bonchev–Trinajstić information content (AvgIpc) is 2.95. The Kier molecular flexibility index (Phi) is 16.6. The number of carbonyl (C=O) groups is 2. The molecular weight excluding hydrogens is 723 g/mol. The van der Waals surface area contributed by atoms with Crippen LogP contribution in [0.1, 0.15) is 34.6 Å². The number of aromatic amines is 2. The standard InChI is InChI=1S/C13H17N3O3S.2C6H9N3O2S.Y/c1-5-15(9(4)17)13(18)14-12-11-10(16(12)19)8(3)7(2)6-20-11;2*1-3-12-6-7-4(10)5(11)8-9(6)2;/h5,10-12H,4,6H2,1-3H3;2*3H2,1-2H3,(H,8,11);/p+1/b15-5-;;;/t10?,11-,12+;;;/m0.../s1. The summed E-state index contributed by atoms with van der Waals surface area (Å²) in [6, 6.07) is -0.783. The number of aryl methyl sites for hydroxylation is 2. The molecule has 2 aromatic heterocycles. The Morgan fingerprint density at radius 3 is 1.91 bits per heavy atom. The number of amides is 3. The van der Waals surface area contributed by atoms with E-state index < -0.39 is 40.3 Å². The first-order valence-electron chi connectivity index (χ1n) is 13.3. The minimum atomic E-state index is -0.732. The maximum absolute atomic E-state index is 12.1. The Hall–Kier alpha value is -2.61. The van der Waals surface area contributed by atoms with Crippen LogP contribution < -0.4 is 27.6 Å². The number of urea groups is 1. The van der Waals surface area contributed by atoms with Crippen molar-refractivity contribution in [3.8, 4) is 0 Å². The van der Waals surface area contributed by atoms with Gasteiger partial charge in [0.1, 0.15) is 0 Å². The zero-order valence-electron chi connectivity index (χ0n) is 26.0. The van der Waals surface area contributed by atoms with E-state index in [2.05, 4.69) is 32.4 Å². The zero-order chi connectivity index (χ0) is 33.3. The van der Waals surface area contributed by atoms with Crippen LogP contribution in [0.4, 0.5) is 4.79 Å². The Morgan fingerprint density at radius 1 is 1.04 bits per heavy atom. The number of nitrogens with one attached hydrogen (secondary N) is 3. The molecule has 45 heavy (non-hydrogen) atoms. The quantitative estimate of drug-likeness (QED) is 0.0939. The van der Waals surface area contributed by atoms with Crippen LogP contribution in [0.25, 0.3) is 0 Å². The molecule has 0 aromatic carbocycles. The van der Waals surface area contributed by atoms with Gasteiger partial charge < -0.3 is 0 Å². The maximum atomic E-state index is 12.1. The van der Waals surface area contributed by atoms with Crippen LogP contribution in [0.2, 0.25) is 0 Å². The molecule has 1 fully saturated rings. The number of nitrogens with zero attached hydrogens (tertiary/aromatic N) is 6. The SMILES string of the molecule is CCSc1nc(=O)c(=O)[nH]n1C.CCSc1nc(=O)c(=O)[nH]n1C.[CH2-]C(=O)/[N+](=C/C)C(=O)N[C@H]1[C@H]2SCC(C)=C(C)C2[N+]1=O.[Y]. The minimum absolute atomic E-state index is 0. The molecule has 16 nitrogen and oxygen atoms in total. The number of carbonyl (C=O) groups excluding carboxylic acids is 2. The molecule has 1 saturated heterocycles. The first kappa shape index (κ1) is 40.4. The van der Waals surface area contributed by atoms with Crippen LogP contribution in [-0.4, -0.2) is 91.7 Å². The summed E-state index contributed by atoms with van der Waals surface area (Å²) < 4.78 is 4.65. The van der Waals surface area contributed by atoms with E-state index in [1.807, 2.05) is 27.7 Å². The molecule has 20 heteroatoms. The first-order valence-corrected chi connectivity index (χ1v) is 16.3. The fraction of sp³-hybridized carbons (Fsp3) is 0.520. The minimum Gasteiger partial charge on any atom is -0.293 e. The molecule has 2 aromatic rings. The molecule has 0 bridgehead atoms. The van der Waals surface area contributed by atoms with Crippen molar-refractivity contribution in [2.75, 3.05) is 17.3 Å². The van der Waals surface area contributed by atoms with Gasteiger partial charge in [0.15, 0.2) is 21.5 Å². The second kappa shape index (κ2) is 18.5. The van der Waals surface area contributed by atoms with E-state index in [4.69, 9.17) is 0 Å². The summed E-state index contributed by atoms with van der Waals surface area (Å²) in [5, 5.41) is 8.41. The van der Waals surface area contributed by atoms with Gasteiger partial charge in [-0.15, -0.1) is 11.8 Å². The van der Waals surface area contributed by atoms with E-state index in [9.17, 15) is 33.7 Å². The number of imide groups is 1. The summed E-state index contributed by atoms with van der Waals surface area (Å²) >= 11 is 4.48. The number of H-pyrrole nitrogens is 2. The van der Waals surface area contributed by atoms with Crippen LogP contribution in [0.5, 0.6) is 0 Å². The molecule has 4 heterocycles. The Labute approximate surface area is 296 Å². The first-order chi connectivity index (χ1) is 20.7. The maximum Gasteiger partial charge on any atom is 0.501 e. The molecule has 1 radical (unpaired) electrons. The second-order valence-electron chi connectivity index (χ2n) is 9.22. The third-order valence-electron chi connectivity index (χ3n) is 6.24. The Balaban J connectivity index is 0.000000353. The van der Waals surface area contributed by atoms with Crippen LogP contribution in [0.15, 0.2) is 40.6 Å². The van der Waals surface area contributed by atoms with Crippen molar-refractivity contribution in [1.82, 2.24) is 34.8 Å². The van der Waals surface area contributed by atoms with E-state index in [1.54, 1.807) is 32.8 Å². The predicted molar refractivity (Wildman–Crippen MR) is 170 cm³/mol. The van der Waals surface area contributed by atoms with Crippen molar-refractivity contribution in [2.45, 2.75) is 62.4 Å². The van der Waals surface area contributed by atoms with Gasteiger partial charge in [0.25, 0.3) is 0 Å². The van der Waals surface area contributed by atoms with Gasteiger partial charge in [-0.05, 0) is 37.9 Å². The van der Waals surface area contributed by atoms with Crippen molar-refractivity contribution in [1.29, 1.82) is 0 Å². The number of aromatic nitrogens is 6. The van der Waals surface area contributed by atoms with Crippen molar-refractivity contribution in [2.24, 2.45) is 14.1 Å². The van der Waals surface area contributed by atoms with Crippen molar-refractivity contribution in [3.05, 3.63) is 64.4 Å². The second-order valence-corrected chi connectivity index (χ2v) is 12.9. The number of hydrogen-bond donors (Lipinski definition) is 3. The van der Waals surface area contributed by atoms with Crippen molar-refractivity contribution >= 4 is 53.4 Å². The molecule has 0 saturated carbocycles. The molecular formula is C25H36N9O7S3Y+. The topological polar surface area (TPSA) is 205 Å². The third kappa shape index (κ3) is 10.5. The van der Waals surface area contributed by atoms with E-state index in [-0.39, 0.29) is 44.0 Å². The molecule has 1 unspecified atom stereocenters. The molecule has 3 amide bonds. The summed E-state index contributed by atoms with van der Waals surface area (Å²) in [6.07, 6.45) is 0.738. The molecule has 0 aliphatic carbocycles. The fourth-order valence-corrected chi connectivity index (χ4v) is 6.73. The Bertz CT molecular complexity index is 1640. The fourth-order valence-electron chi connectivity index (χ4n) is 3.89. The molecule has 2 aliphatic rings. The molecule has 243 valence electrons. The Morgan fingerprint density at radius 2 is 1.51 bits per heavy atom. The third-order valence-corrected chi connectivity index (χ3v) is 9.56. The summed E-state index contributed by atoms with van der Waals surface area (Å²) in [5.74, 6) is 1.87. The van der Waals surface area contributed by atoms with Crippen LogP contribution in [-0.2, 0) is 51.6 Å². The summed E-state index contributed by atoms with van der Waals surface area (Å²) in [6.45, 7) is 12.6. The van der Waals surface area contributed by atoms with Crippen LogP contribution in [0.3, 0.4) is 0 Å². The molecule has 2 aliphatic heterocycles. The van der Waals surface area contributed by atoms with Gasteiger partial charge in [0, 0.05) is 57.5 Å². The van der Waals surface area contributed by atoms with Crippen molar-refractivity contribution < 1.29 is 51.6 Å². The number of nitroso groups, excluding NO2 is 1. The summed E-state index contributed by atoms with van der Waals surface area (Å²) in [4.78, 5) is 85.4. The van der Waals surface area contributed by atoms with E-state index in [0.717, 1.165) is 32.2 Å².